The zero-order chi connectivity index (χ0) is 20.6. The van der Waals surface area contributed by atoms with E-state index >= 15 is 0 Å². The first-order valence-electron chi connectivity index (χ1n) is 9.71. The van der Waals surface area contributed by atoms with Crippen LogP contribution in [0.5, 0.6) is 0 Å². The molecule has 3 aromatic rings. The van der Waals surface area contributed by atoms with Crippen LogP contribution in [0, 0.1) is 0 Å². The molecule has 0 aliphatic rings. The number of benzene rings is 1. The Balaban J connectivity index is 1.62. The van der Waals surface area contributed by atoms with Gasteiger partial charge in [0.25, 0.3) is 5.56 Å². The van der Waals surface area contributed by atoms with E-state index in [2.05, 4.69) is 34.1 Å². The molecule has 150 valence electrons. The van der Waals surface area contributed by atoms with E-state index in [1.54, 1.807) is 12.3 Å². The number of carbonyl (C=O) groups is 1. The largest absolute Gasteiger partial charge is 0.357 e. The van der Waals surface area contributed by atoms with Gasteiger partial charge in [0.15, 0.2) is 0 Å². The summed E-state index contributed by atoms with van der Waals surface area (Å²) in [6.45, 7) is 6.17. The number of nitrogens with one attached hydrogen (secondary N) is 1. The Hall–Kier alpha value is -3.48. The number of amides is 1. The molecular weight excluding hydrogens is 366 g/mol. The lowest BCUT2D eigenvalue weighted by Crippen LogP contribution is -2.33. The van der Waals surface area contributed by atoms with Crippen LogP contribution < -0.4 is 15.8 Å². The molecule has 0 aliphatic heterocycles. The Morgan fingerprint density at radius 3 is 2.45 bits per heavy atom. The summed E-state index contributed by atoms with van der Waals surface area (Å²) < 4.78 is 1.18. The van der Waals surface area contributed by atoms with E-state index < -0.39 is 0 Å². The minimum atomic E-state index is -0.315. The molecule has 1 N–H and O–H groups in total. The lowest BCUT2D eigenvalue weighted by atomic mass is 10.1. The van der Waals surface area contributed by atoms with Crippen molar-refractivity contribution in [2.75, 3.05) is 18.0 Å². The summed E-state index contributed by atoms with van der Waals surface area (Å²) in [7, 11) is 0. The summed E-state index contributed by atoms with van der Waals surface area (Å²) in [4.78, 5) is 31.0. The summed E-state index contributed by atoms with van der Waals surface area (Å²) in [5, 5.41) is 7.13. The van der Waals surface area contributed by atoms with Gasteiger partial charge < -0.3 is 10.2 Å². The Labute approximate surface area is 170 Å². The van der Waals surface area contributed by atoms with Crippen LogP contribution in [-0.2, 0) is 17.9 Å². The van der Waals surface area contributed by atoms with Crippen LogP contribution >= 0.6 is 0 Å². The Morgan fingerprint density at radius 2 is 1.79 bits per heavy atom. The van der Waals surface area contributed by atoms with Gasteiger partial charge in [-0.3, -0.25) is 9.59 Å². The van der Waals surface area contributed by atoms with E-state index in [1.165, 1.54) is 10.7 Å². The standard InChI is InChI=1S/C22H25N5O2/c1-3-26(4-2)20-12-10-17(14-23-20)15-24-21(28)16-27-22(29)13-11-19(25-27)18-8-6-5-7-9-18/h5-14H,3-4,15-16H2,1-2H3,(H,24,28). The molecule has 0 unspecified atom stereocenters. The van der Waals surface area contributed by atoms with E-state index in [9.17, 15) is 9.59 Å². The minimum absolute atomic E-state index is 0.134. The maximum atomic E-state index is 12.3. The van der Waals surface area contributed by atoms with E-state index in [4.69, 9.17) is 0 Å². The fraction of sp³-hybridized carbons (Fsp3) is 0.273. The third kappa shape index (κ3) is 5.28. The number of nitrogens with zero attached hydrogens (tertiary/aromatic N) is 4. The van der Waals surface area contributed by atoms with Crippen LogP contribution in [0.15, 0.2) is 65.6 Å². The van der Waals surface area contributed by atoms with E-state index in [0.717, 1.165) is 30.0 Å². The number of hydrogen-bond acceptors (Lipinski definition) is 5. The highest BCUT2D eigenvalue weighted by atomic mass is 16.2. The summed E-state index contributed by atoms with van der Waals surface area (Å²) in [5.74, 6) is 0.635. The van der Waals surface area contributed by atoms with Crippen molar-refractivity contribution in [3.63, 3.8) is 0 Å². The van der Waals surface area contributed by atoms with Crippen LogP contribution in [0.3, 0.4) is 0 Å². The molecule has 2 aromatic heterocycles. The summed E-state index contributed by atoms with van der Waals surface area (Å²) >= 11 is 0. The number of hydrogen-bond donors (Lipinski definition) is 1. The Kier molecular flexibility index (Phi) is 6.73. The summed E-state index contributed by atoms with van der Waals surface area (Å²) in [6.07, 6.45) is 1.76. The quantitative estimate of drug-likeness (QED) is 0.638. The maximum Gasteiger partial charge on any atom is 0.267 e. The van der Waals surface area contributed by atoms with Crippen molar-refractivity contribution in [2.24, 2.45) is 0 Å². The first kappa shape index (κ1) is 20.3. The van der Waals surface area contributed by atoms with Crippen molar-refractivity contribution in [3.05, 3.63) is 76.7 Å². The molecule has 2 heterocycles. The van der Waals surface area contributed by atoms with Crippen LogP contribution in [0.25, 0.3) is 11.3 Å². The number of pyridine rings is 1. The van der Waals surface area contributed by atoms with Gasteiger partial charge in [-0.15, -0.1) is 0 Å². The molecule has 0 bridgehead atoms. The van der Waals surface area contributed by atoms with Crippen molar-refractivity contribution in [2.45, 2.75) is 26.9 Å². The Bertz CT molecular complexity index is 996. The van der Waals surface area contributed by atoms with Crippen molar-refractivity contribution in [1.82, 2.24) is 20.1 Å². The second kappa shape index (κ2) is 9.64. The predicted molar refractivity (Wildman–Crippen MR) is 114 cm³/mol. The van der Waals surface area contributed by atoms with Gasteiger partial charge in [-0.05, 0) is 31.5 Å². The Morgan fingerprint density at radius 1 is 1.03 bits per heavy atom. The third-order valence-corrected chi connectivity index (χ3v) is 4.62. The molecule has 0 radical (unpaired) electrons. The monoisotopic (exact) mass is 391 g/mol. The molecule has 29 heavy (non-hydrogen) atoms. The third-order valence-electron chi connectivity index (χ3n) is 4.62. The molecule has 3 rings (SSSR count). The number of carbonyl (C=O) groups excluding carboxylic acids is 1. The highest BCUT2D eigenvalue weighted by Gasteiger charge is 2.09. The van der Waals surface area contributed by atoms with Crippen molar-refractivity contribution < 1.29 is 4.79 Å². The number of aromatic nitrogens is 3. The molecule has 7 nitrogen and oxygen atoms in total. The number of rotatable bonds is 8. The van der Waals surface area contributed by atoms with Gasteiger partial charge in [0, 0.05) is 37.5 Å². The maximum absolute atomic E-state index is 12.3. The second-order valence-corrected chi connectivity index (χ2v) is 6.55. The smallest absolute Gasteiger partial charge is 0.267 e. The minimum Gasteiger partial charge on any atom is -0.357 e. The molecule has 0 atom stereocenters. The second-order valence-electron chi connectivity index (χ2n) is 6.55. The fourth-order valence-electron chi connectivity index (χ4n) is 2.97. The summed E-state index contributed by atoms with van der Waals surface area (Å²) in [5.41, 5.74) is 2.12. The lowest BCUT2D eigenvalue weighted by Gasteiger charge is -2.19. The highest BCUT2D eigenvalue weighted by molar-refractivity contribution is 5.75. The molecule has 1 amide bonds. The zero-order valence-corrected chi connectivity index (χ0v) is 16.7. The normalized spacial score (nSPS) is 10.6. The van der Waals surface area contributed by atoms with E-state index in [0.29, 0.717) is 12.2 Å². The van der Waals surface area contributed by atoms with Gasteiger partial charge >= 0.3 is 0 Å². The van der Waals surface area contributed by atoms with Crippen LogP contribution in [0.4, 0.5) is 5.82 Å². The van der Waals surface area contributed by atoms with E-state index in [-0.39, 0.29) is 18.0 Å². The predicted octanol–water partition coefficient (Wildman–Crippen LogP) is 2.47. The molecule has 0 saturated carbocycles. The van der Waals surface area contributed by atoms with Gasteiger partial charge in [-0.2, -0.15) is 5.10 Å². The lowest BCUT2D eigenvalue weighted by molar-refractivity contribution is -0.122. The van der Waals surface area contributed by atoms with Gasteiger partial charge in [0.2, 0.25) is 5.91 Å². The molecule has 0 fully saturated rings. The van der Waals surface area contributed by atoms with Crippen molar-refractivity contribution in [3.8, 4) is 11.3 Å². The van der Waals surface area contributed by atoms with Crippen LogP contribution in [0.1, 0.15) is 19.4 Å². The average Bonchev–Trinajstić information content (AvgIpc) is 2.76. The number of anilines is 1. The van der Waals surface area contributed by atoms with Gasteiger partial charge in [-0.1, -0.05) is 36.4 Å². The van der Waals surface area contributed by atoms with Crippen LogP contribution in [0.2, 0.25) is 0 Å². The van der Waals surface area contributed by atoms with Gasteiger partial charge in [-0.25, -0.2) is 9.67 Å². The summed E-state index contributed by atoms with van der Waals surface area (Å²) in [6, 6.07) is 16.5. The zero-order valence-electron chi connectivity index (χ0n) is 16.7. The first-order chi connectivity index (χ1) is 14.1. The fourth-order valence-corrected chi connectivity index (χ4v) is 2.97. The van der Waals surface area contributed by atoms with Gasteiger partial charge in [0.1, 0.15) is 12.4 Å². The SMILES string of the molecule is CCN(CC)c1ccc(CNC(=O)Cn2nc(-c3ccccc3)ccc2=O)cn1. The molecular formula is C22H25N5O2. The van der Waals surface area contributed by atoms with Gasteiger partial charge in [0.05, 0.1) is 5.69 Å². The van der Waals surface area contributed by atoms with Crippen molar-refractivity contribution >= 4 is 11.7 Å². The van der Waals surface area contributed by atoms with E-state index in [1.807, 2.05) is 42.5 Å². The molecule has 0 saturated heterocycles. The molecule has 0 spiro atoms. The highest BCUT2D eigenvalue weighted by Crippen LogP contribution is 2.14. The molecule has 1 aromatic carbocycles. The molecule has 7 heteroatoms. The topological polar surface area (TPSA) is 80.1 Å². The van der Waals surface area contributed by atoms with Crippen LogP contribution in [-0.4, -0.2) is 33.8 Å². The van der Waals surface area contributed by atoms with Crippen molar-refractivity contribution in [1.29, 1.82) is 0 Å². The molecule has 0 aliphatic carbocycles. The first-order valence-corrected chi connectivity index (χ1v) is 9.71. The average molecular weight is 391 g/mol.